The molecule has 0 amide bonds. The van der Waals surface area contributed by atoms with Gasteiger partial charge in [0.15, 0.2) is 0 Å². The molecule has 0 spiro atoms. The standard InChI is InChI=1S/C21H22N2O/c22-19-13-7-8-16(14-19)15-23-20(17-9-3-1-4-10-17)21(24)18-11-5-2-6-12-18/h1-14,20-21,23-24H,15,22H2/t20-,21+/m0/s1. The van der Waals surface area contributed by atoms with Crippen molar-refractivity contribution in [2.45, 2.75) is 18.7 Å². The first-order chi connectivity index (χ1) is 11.7. The van der Waals surface area contributed by atoms with Crippen LogP contribution >= 0.6 is 0 Å². The van der Waals surface area contributed by atoms with Gasteiger partial charge in [-0.1, -0.05) is 72.8 Å². The maximum absolute atomic E-state index is 10.9. The molecule has 3 aromatic rings. The number of rotatable bonds is 6. The van der Waals surface area contributed by atoms with Gasteiger partial charge in [0.25, 0.3) is 0 Å². The number of anilines is 1. The lowest BCUT2D eigenvalue weighted by Crippen LogP contribution is -2.27. The van der Waals surface area contributed by atoms with E-state index in [1.807, 2.05) is 84.9 Å². The van der Waals surface area contributed by atoms with Crippen LogP contribution in [0.5, 0.6) is 0 Å². The third-order valence-electron chi connectivity index (χ3n) is 4.09. The molecule has 0 radical (unpaired) electrons. The van der Waals surface area contributed by atoms with Gasteiger partial charge in [0.2, 0.25) is 0 Å². The molecule has 3 nitrogen and oxygen atoms in total. The largest absolute Gasteiger partial charge is 0.399 e. The monoisotopic (exact) mass is 318 g/mol. The Hall–Kier alpha value is -2.62. The van der Waals surface area contributed by atoms with Gasteiger partial charge in [0.1, 0.15) is 0 Å². The molecule has 0 aromatic heterocycles. The van der Waals surface area contributed by atoms with Crippen molar-refractivity contribution in [3.05, 3.63) is 102 Å². The van der Waals surface area contributed by atoms with E-state index in [-0.39, 0.29) is 6.04 Å². The summed E-state index contributed by atoms with van der Waals surface area (Å²) in [5.74, 6) is 0. The number of aliphatic hydroxyl groups excluding tert-OH is 1. The van der Waals surface area contributed by atoms with Crippen LogP contribution in [0.15, 0.2) is 84.9 Å². The summed E-state index contributed by atoms with van der Waals surface area (Å²) in [5.41, 5.74) is 9.64. The van der Waals surface area contributed by atoms with Crippen LogP contribution in [-0.2, 0) is 6.54 Å². The van der Waals surface area contributed by atoms with Gasteiger partial charge in [0, 0.05) is 12.2 Å². The van der Waals surface area contributed by atoms with Crippen LogP contribution < -0.4 is 11.1 Å². The number of nitrogens with one attached hydrogen (secondary N) is 1. The molecule has 24 heavy (non-hydrogen) atoms. The number of hydrogen-bond donors (Lipinski definition) is 3. The zero-order valence-electron chi connectivity index (χ0n) is 13.5. The molecule has 3 aromatic carbocycles. The second-order valence-corrected chi connectivity index (χ2v) is 5.87. The van der Waals surface area contributed by atoms with Gasteiger partial charge in [-0.05, 0) is 28.8 Å². The molecule has 0 aliphatic heterocycles. The Balaban J connectivity index is 1.82. The quantitative estimate of drug-likeness (QED) is 0.605. The molecule has 0 bridgehead atoms. The molecule has 0 fully saturated rings. The average molecular weight is 318 g/mol. The fourth-order valence-electron chi connectivity index (χ4n) is 2.85. The van der Waals surface area contributed by atoms with Crippen molar-refractivity contribution in [1.29, 1.82) is 0 Å². The third-order valence-corrected chi connectivity index (χ3v) is 4.09. The number of nitrogen functional groups attached to an aromatic ring is 1. The summed E-state index contributed by atoms with van der Waals surface area (Å²) < 4.78 is 0. The third kappa shape index (κ3) is 4.02. The molecule has 0 aliphatic carbocycles. The summed E-state index contributed by atoms with van der Waals surface area (Å²) in [7, 11) is 0. The van der Waals surface area contributed by atoms with Crippen LogP contribution in [0.4, 0.5) is 5.69 Å². The second-order valence-electron chi connectivity index (χ2n) is 5.87. The van der Waals surface area contributed by atoms with Gasteiger partial charge in [-0.25, -0.2) is 0 Å². The molecule has 2 atom stereocenters. The maximum Gasteiger partial charge on any atom is 0.0984 e. The lowest BCUT2D eigenvalue weighted by atomic mass is 9.95. The zero-order valence-corrected chi connectivity index (χ0v) is 13.5. The highest BCUT2D eigenvalue weighted by molar-refractivity contribution is 5.40. The summed E-state index contributed by atoms with van der Waals surface area (Å²) in [6, 6.07) is 27.3. The van der Waals surface area contributed by atoms with E-state index >= 15 is 0 Å². The van der Waals surface area contributed by atoms with E-state index in [0.29, 0.717) is 6.54 Å². The van der Waals surface area contributed by atoms with Gasteiger partial charge in [-0.2, -0.15) is 0 Å². The van der Waals surface area contributed by atoms with Gasteiger partial charge in [0.05, 0.1) is 12.1 Å². The number of hydrogen-bond acceptors (Lipinski definition) is 3. The Labute approximate surface area is 142 Å². The molecule has 4 N–H and O–H groups in total. The molecule has 3 heteroatoms. The van der Waals surface area contributed by atoms with E-state index in [0.717, 1.165) is 22.4 Å². The molecule has 0 aliphatic rings. The van der Waals surface area contributed by atoms with Crippen LogP contribution in [-0.4, -0.2) is 5.11 Å². The first-order valence-electron chi connectivity index (χ1n) is 8.10. The van der Waals surface area contributed by atoms with Crippen molar-refractivity contribution in [2.75, 3.05) is 5.73 Å². The van der Waals surface area contributed by atoms with Crippen molar-refractivity contribution in [3.8, 4) is 0 Å². The van der Waals surface area contributed by atoms with Crippen molar-refractivity contribution in [2.24, 2.45) is 0 Å². The Bertz CT molecular complexity index is 759. The summed E-state index contributed by atoms with van der Waals surface area (Å²) >= 11 is 0. The lowest BCUT2D eigenvalue weighted by Gasteiger charge is -2.25. The van der Waals surface area contributed by atoms with Gasteiger partial charge in [-0.15, -0.1) is 0 Å². The van der Waals surface area contributed by atoms with Gasteiger partial charge in [-0.3, -0.25) is 0 Å². The average Bonchev–Trinajstić information content (AvgIpc) is 2.63. The van der Waals surface area contributed by atoms with Crippen molar-refractivity contribution < 1.29 is 5.11 Å². The van der Waals surface area contributed by atoms with E-state index in [2.05, 4.69) is 5.32 Å². The Kier molecular flexibility index (Phi) is 5.26. The highest BCUT2D eigenvalue weighted by Crippen LogP contribution is 2.29. The summed E-state index contributed by atoms with van der Waals surface area (Å²) in [6.07, 6.45) is -0.630. The predicted octanol–water partition coefficient (Wildman–Crippen LogP) is 3.83. The number of aliphatic hydroxyl groups is 1. The molecule has 0 saturated heterocycles. The summed E-state index contributed by atoms with van der Waals surface area (Å²) in [4.78, 5) is 0. The van der Waals surface area contributed by atoms with Crippen molar-refractivity contribution in [3.63, 3.8) is 0 Å². The Morgan fingerprint density at radius 2 is 1.42 bits per heavy atom. The lowest BCUT2D eigenvalue weighted by molar-refractivity contribution is 0.127. The summed E-state index contributed by atoms with van der Waals surface area (Å²) in [5, 5.41) is 14.4. The second kappa shape index (κ2) is 7.77. The molecule has 0 unspecified atom stereocenters. The SMILES string of the molecule is Nc1cccc(CN[C@@H](c2ccccc2)[C@H](O)c2ccccc2)c1. The first kappa shape index (κ1) is 16.2. The van der Waals surface area contributed by atoms with E-state index in [9.17, 15) is 5.11 Å². The molecular formula is C21H22N2O. The van der Waals surface area contributed by atoms with E-state index in [1.165, 1.54) is 0 Å². The van der Waals surface area contributed by atoms with E-state index < -0.39 is 6.10 Å². The Morgan fingerprint density at radius 1 is 0.792 bits per heavy atom. The minimum atomic E-state index is -0.630. The first-order valence-corrected chi connectivity index (χ1v) is 8.10. The number of nitrogens with two attached hydrogens (primary N) is 1. The topological polar surface area (TPSA) is 58.3 Å². The van der Waals surface area contributed by atoms with Crippen LogP contribution in [0.1, 0.15) is 28.8 Å². The van der Waals surface area contributed by atoms with Gasteiger partial charge < -0.3 is 16.2 Å². The number of benzene rings is 3. The predicted molar refractivity (Wildman–Crippen MR) is 98.3 cm³/mol. The van der Waals surface area contributed by atoms with E-state index in [4.69, 9.17) is 5.73 Å². The molecule has 0 heterocycles. The normalized spacial score (nSPS) is 13.4. The van der Waals surface area contributed by atoms with Crippen LogP contribution in [0.3, 0.4) is 0 Å². The van der Waals surface area contributed by atoms with Gasteiger partial charge >= 0.3 is 0 Å². The van der Waals surface area contributed by atoms with Crippen LogP contribution in [0.2, 0.25) is 0 Å². The molecular weight excluding hydrogens is 296 g/mol. The van der Waals surface area contributed by atoms with Crippen molar-refractivity contribution in [1.82, 2.24) is 5.32 Å². The zero-order chi connectivity index (χ0) is 16.8. The fraction of sp³-hybridized carbons (Fsp3) is 0.143. The summed E-state index contributed by atoms with van der Waals surface area (Å²) in [6.45, 7) is 0.633. The van der Waals surface area contributed by atoms with Crippen LogP contribution in [0.25, 0.3) is 0 Å². The molecule has 3 rings (SSSR count). The minimum absolute atomic E-state index is 0.199. The Morgan fingerprint density at radius 3 is 2.04 bits per heavy atom. The molecule has 122 valence electrons. The highest BCUT2D eigenvalue weighted by Gasteiger charge is 2.22. The maximum atomic E-state index is 10.9. The fourth-order valence-corrected chi connectivity index (χ4v) is 2.85. The van der Waals surface area contributed by atoms with Crippen molar-refractivity contribution >= 4 is 5.69 Å². The highest BCUT2D eigenvalue weighted by atomic mass is 16.3. The van der Waals surface area contributed by atoms with E-state index in [1.54, 1.807) is 0 Å². The smallest absolute Gasteiger partial charge is 0.0984 e. The molecule has 0 saturated carbocycles. The van der Waals surface area contributed by atoms with Crippen LogP contribution in [0, 0.1) is 0 Å². The minimum Gasteiger partial charge on any atom is -0.399 e.